The highest BCUT2D eigenvalue weighted by Gasteiger charge is 2.25. The normalized spacial score (nSPS) is 16.0. The Morgan fingerprint density at radius 1 is 1.53 bits per heavy atom. The smallest absolute Gasteiger partial charge is 0.136 e. The number of hydrogen-bond acceptors (Lipinski definition) is 2. The fraction of sp³-hybridized carbons (Fsp3) is 0.455. The van der Waals surface area contributed by atoms with E-state index in [1.807, 2.05) is 0 Å². The molecule has 1 aliphatic rings. The van der Waals surface area contributed by atoms with Gasteiger partial charge in [-0.05, 0) is 12.5 Å². The number of hydrogen-bond donors (Lipinski definition) is 1. The lowest BCUT2D eigenvalue weighted by Gasteiger charge is -2.13. The average Bonchev–Trinajstić information content (AvgIpc) is 2.65. The van der Waals surface area contributed by atoms with Gasteiger partial charge in [0.25, 0.3) is 0 Å². The van der Waals surface area contributed by atoms with Crippen LogP contribution in [0.3, 0.4) is 0 Å². The van der Waals surface area contributed by atoms with Crippen molar-refractivity contribution in [1.29, 1.82) is 0 Å². The molecule has 4 heteroatoms. The Labute approximate surface area is 87.0 Å². The molecule has 0 aliphatic carbocycles. The van der Waals surface area contributed by atoms with Crippen molar-refractivity contribution in [3.63, 3.8) is 0 Å². The van der Waals surface area contributed by atoms with Crippen LogP contribution in [0.25, 0.3) is 0 Å². The van der Waals surface area contributed by atoms with Crippen LogP contribution in [0.4, 0.5) is 8.78 Å². The maximum absolute atomic E-state index is 13.9. The molecule has 0 amide bonds. The molecule has 0 saturated heterocycles. The third-order valence-corrected chi connectivity index (χ3v) is 2.77. The standard InChI is InChI=1S/C11H13F2NO/c1-6(5-14)10-8(12)4-9-7(11(10)13)2-3-15-9/h4,6H,2-3,5,14H2,1H3. The molecular formula is C11H13F2NO. The highest BCUT2D eigenvalue weighted by molar-refractivity contribution is 5.43. The second kappa shape index (κ2) is 3.77. The van der Waals surface area contributed by atoms with Crippen LogP contribution < -0.4 is 10.5 Å². The average molecular weight is 213 g/mol. The van der Waals surface area contributed by atoms with E-state index in [0.717, 1.165) is 0 Å². The number of halogens is 2. The van der Waals surface area contributed by atoms with Crippen LogP contribution in [-0.4, -0.2) is 13.2 Å². The Balaban J connectivity index is 2.56. The Bertz CT molecular complexity index is 393. The lowest BCUT2D eigenvalue weighted by molar-refractivity contribution is 0.355. The fourth-order valence-electron chi connectivity index (χ4n) is 1.85. The van der Waals surface area contributed by atoms with Crippen molar-refractivity contribution in [2.45, 2.75) is 19.3 Å². The van der Waals surface area contributed by atoms with Gasteiger partial charge in [-0.3, -0.25) is 0 Å². The molecule has 0 saturated carbocycles. The summed E-state index contributed by atoms with van der Waals surface area (Å²) in [6, 6.07) is 1.26. The first-order valence-corrected chi connectivity index (χ1v) is 4.98. The maximum Gasteiger partial charge on any atom is 0.136 e. The van der Waals surface area contributed by atoms with Gasteiger partial charge in [0.2, 0.25) is 0 Å². The van der Waals surface area contributed by atoms with Crippen molar-refractivity contribution in [3.05, 3.63) is 28.8 Å². The van der Waals surface area contributed by atoms with E-state index in [1.165, 1.54) is 6.07 Å². The van der Waals surface area contributed by atoms with E-state index in [1.54, 1.807) is 6.92 Å². The second-order valence-electron chi connectivity index (χ2n) is 3.80. The largest absolute Gasteiger partial charge is 0.493 e. The van der Waals surface area contributed by atoms with Gasteiger partial charge in [0.05, 0.1) is 6.61 Å². The lowest BCUT2D eigenvalue weighted by atomic mass is 9.96. The molecule has 15 heavy (non-hydrogen) atoms. The molecule has 1 aromatic rings. The third kappa shape index (κ3) is 1.59. The van der Waals surface area contributed by atoms with Crippen molar-refractivity contribution in [1.82, 2.24) is 0 Å². The predicted molar refractivity (Wildman–Crippen MR) is 53.0 cm³/mol. The minimum absolute atomic E-state index is 0.0850. The van der Waals surface area contributed by atoms with Gasteiger partial charge in [0.15, 0.2) is 0 Å². The minimum Gasteiger partial charge on any atom is -0.493 e. The summed E-state index contributed by atoms with van der Waals surface area (Å²) in [6.45, 7) is 2.36. The SMILES string of the molecule is CC(CN)c1c(F)cc2c(c1F)CCO2. The van der Waals surface area contributed by atoms with Crippen molar-refractivity contribution in [3.8, 4) is 5.75 Å². The molecule has 2 nitrogen and oxygen atoms in total. The maximum atomic E-state index is 13.9. The van der Waals surface area contributed by atoms with Crippen LogP contribution in [-0.2, 0) is 6.42 Å². The van der Waals surface area contributed by atoms with E-state index in [2.05, 4.69) is 0 Å². The highest BCUT2D eigenvalue weighted by Crippen LogP contribution is 2.34. The molecule has 1 aromatic carbocycles. The molecule has 82 valence electrons. The molecule has 0 aromatic heterocycles. The quantitative estimate of drug-likeness (QED) is 0.815. The summed E-state index contributed by atoms with van der Waals surface area (Å²) in [6.07, 6.45) is 0.506. The summed E-state index contributed by atoms with van der Waals surface area (Å²) in [7, 11) is 0. The van der Waals surface area contributed by atoms with Crippen LogP contribution in [0, 0.1) is 11.6 Å². The first kappa shape index (κ1) is 10.4. The van der Waals surface area contributed by atoms with Crippen molar-refractivity contribution < 1.29 is 13.5 Å². The third-order valence-electron chi connectivity index (χ3n) is 2.77. The predicted octanol–water partition coefficient (Wildman–Crippen LogP) is 1.96. The molecule has 0 radical (unpaired) electrons. The van der Waals surface area contributed by atoms with Crippen LogP contribution in [0.5, 0.6) is 5.75 Å². The number of benzene rings is 1. The van der Waals surface area contributed by atoms with Crippen LogP contribution in [0.1, 0.15) is 24.0 Å². The van der Waals surface area contributed by atoms with E-state index in [0.29, 0.717) is 24.3 Å². The van der Waals surface area contributed by atoms with Gasteiger partial charge in [0, 0.05) is 23.6 Å². The molecule has 1 atom stereocenters. The Hall–Kier alpha value is -1.16. The molecule has 2 rings (SSSR count). The first-order valence-electron chi connectivity index (χ1n) is 4.98. The monoisotopic (exact) mass is 213 g/mol. The number of fused-ring (bicyclic) bond motifs is 1. The fourth-order valence-corrected chi connectivity index (χ4v) is 1.85. The Morgan fingerprint density at radius 2 is 2.27 bits per heavy atom. The summed E-state index contributed by atoms with van der Waals surface area (Å²) in [5.41, 5.74) is 5.99. The van der Waals surface area contributed by atoms with E-state index >= 15 is 0 Å². The van der Waals surface area contributed by atoms with Gasteiger partial charge in [-0.15, -0.1) is 0 Å². The van der Waals surface area contributed by atoms with Crippen LogP contribution in [0.15, 0.2) is 6.07 Å². The number of rotatable bonds is 2. The molecular weight excluding hydrogens is 200 g/mol. The van der Waals surface area contributed by atoms with Crippen molar-refractivity contribution in [2.75, 3.05) is 13.2 Å². The zero-order valence-electron chi connectivity index (χ0n) is 8.52. The molecule has 0 fully saturated rings. The summed E-state index contributed by atoms with van der Waals surface area (Å²) in [4.78, 5) is 0. The zero-order valence-corrected chi connectivity index (χ0v) is 8.52. The molecule has 0 bridgehead atoms. The van der Waals surface area contributed by atoms with Gasteiger partial charge in [-0.2, -0.15) is 0 Å². The Kier molecular flexibility index (Phi) is 2.61. The van der Waals surface area contributed by atoms with Gasteiger partial charge in [-0.1, -0.05) is 6.92 Å². The summed E-state index contributed by atoms with van der Waals surface area (Å²) < 4.78 is 32.6. The van der Waals surface area contributed by atoms with E-state index in [9.17, 15) is 8.78 Å². The van der Waals surface area contributed by atoms with Crippen molar-refractivity contribution >= 4 is 0 Å². The summed E-state index contributed by atoms with van der Waals surface area (Å²) in [5.74, 6) is -1.03. The van der Waals surface area contributed by atoms with Gasteiger partial charge >= 0.3 is 0 Å². The molecule has 0 spiro atoms. The summed E-state index contributed by atoms with van der Waals surface area (Å²) in [5, 5.41) is 0. The highest BCUT2D eigenvalue weighted by atomic mass is 19.1. The van der Waals surface area contributed by atoms with E-state index < -0.39 is 11.6 Å². The van der Waals surface area contributed by atoms with Gasteiger partial charge < -0.3 is 10.5 Å². The number of nitrogens with two attached hydrogens (primary N) is 1. The van der Waals surface area contributed by atoms with Crippen molar-refractivity contribution in [2.24, 2.45) is 5.73 Å². The second-order valence-corrected chi connectivity index (χ2v) is 3.80. The molecule has 1 aliphatic heterocycles. The van der Waals surface area contributed by atoms with Gasteiger partial charge in [-0.25, -0.2) is 8.78 Å². The van der Waals surface area contributed by atoms with Crippen LogP contribution in [0.2, 0.25) is 0 Å². The lowest BCUT2D eigenvalue weighted by Crippen LogP contribution is -2.13. The number of ether oxygens (including phenoxy) is 1. The zero-order chi connectivity index (χ0) is 11.0. The van der Waals surface area contributed by atoms with E-state index in [-0.39, 0.29) is 18.0 Å². The Morgan fingerprint density at radius 3 is 2.93 bits per heavy atom. The van der Waals surface area contributed by atoms with Gasteiger partial charge in [0.1, 0.15) is 17.4 Å². The first-order chi connectivity index (χ1) is 7.15. The topological polar surface area (TPSA) is 35.2 Å². The molecule has 2 N–H and O–H groups in total. The summed E-state index contributed by atoms with van der Waals surface area (Å²) >= 11 is 0. The molecule has 1 heterocycles. The molecule has 1 unspecified atom stereocenters. The van der Waals surface area contributed by atoms with Crippen LogP contribution >= 0.6 is 0 Å². The van der Waals surface area contributed by atoms with E-state index in [4.69, 9.17) is 10.5 Å². The minimum atomic E-state index is -0.564.